The van der Waals surface area contributed by atoms with Crippen molar-refractivity contribution in [3.05, 3.63) is 11.6 Å². The Balaban J connectivity index is 2.26. The maximum atomic E-state index is 4.15. The number of aromatic nitrogens is 3. The van der Waals surface area contributed by atoms with Crippen LogP contribution >= 0.6 is 0 Å². The van der Waals surface area contributed by atoms with Gasteiger partial charge in [0.2, 0.25) is 0 Å². The van der Waals surface area contributed by atoms with Gasteiger partial charge in [-0.3, -0.25) is 0 Å². The van der Waals surface area contributed by atoms with E-state index in [0.29, 0.717) is 6.04 Å². The van der Waals surface area contributed by atoms with Crippen LogP contribution < -0.4 is 5.32 Å². The number of rotatable bonds is 1. The topological polar surface area (TPSA) is 42.7 Å². The van der Waals surface area contributed by atoms with Crippen molar-refractivity contribution in [1.82, 2.24) is 20.1 Å². The molecule has 1 atom stereocenters. The van der Waals surface area contributed by atoms with Crippen LogP contribution in [0.25, 0.3) is 0 Å². The van der Waals surface area contributed by atoms with E-state index in [9.17, 15) is 0 Å². The summed E-state index contributed by atoms with van der Waals surface area (Å²) in [6, 6.07) is 0.427. The fraction of sp³-hybridized carbons (Fsp3) is 0.750. The van der Waals surface area contributed by atoms with Crippen molar-refractivity contribution >= 4 is 0 Å². The van der Waals surface area contributed by atoms with Crippen LogP contribution in [0, 0.1) is 6.92 Å². The molecular weight excluding hydrogens is 152 g/mol. The van der Waals surface area contributed by atoms with Crippen LogP contribution in [0.3, 0.4) is 0 Å². The molecule has 1 aromatic heterocycles. The molecule has 4 nitrogen and oxygen atoms in total. The summed E-state index contributed by atoms with van der Waals surface area (Å²) in [5.74, 6) is 2.06. The molecule has 1 unspecified atom stereocenters. The molecule has 0 bridgehead atoms. The maximum absolute atomic E-state index is 4.15. The third kappa shape index (κ3) is 1.12. The monoisotopic (exact) mass is 166 g/mol. The largest absolute Gasteiger partial charge is 0.317 e. The lowest BCUT2D eigenvalue weighted by Crippen LogP contribution is -2.17. The quantitative estimate of drug-likeness (QED) is 0.662. The van der Waals surface area contributed by atoms with Crippen LogP contribution in [0.5, 0.6) is 0 Å². The first kappa shape index (κ1) is 7.73. The highest BCUT2D eigenvalue weighted by Crippen LogP contribution is 2.20. The van der Waals surface area contributed by atoms with Gasteiger partial charge in [0.15, 0.2) is 0 Å². The summed E-state index contributed by atoms with van der Waals surface area (Å²) in [6.07, 6.45) is 2.43. The minimum Gasteiger partial charge on any atom is -0.317 e. The first-order chi connectivity index (χ1) is 5.79. The van der Waals surface area contributed by atoms with Gasteiger partial charge >= 0.3 is 0 Å². The summed E-state index contributed by atoms with van der Waals surface area (Å²) < 4.78 is 2.06. The highest BCUT2D eigenvalue weighted by molar-refractivity contribution is 5.00. The minimum absolute atomic E-state index is 0.427. The third-order valence-electron chi connectivity index (χ3n) is 2.50. The van der Waals surface area contributed by atoms with Gasteiger partial charge in [0.05, 0.1) is 6.04 Å². The summed E-state index contributed by atoms with van der Waals surface area (Å²) in [6.45, 7) is 3.09. The predicted octanol–water partition coefficient (Wildman–Crippen LogP) is 0.548. The van der Waals surface area contributed by atoms with E-state index in [1.54, 1.807) is 0 Å². The summed E-state index contributed by atoms with van der Waals surface area (Å²) in [5.41, 5.74) is 0. The van der Waals surface area contributed by atoms with Crippen LogP contribution in [0.4, 0.5) is 0 Å². The lowest BCUT2D eigenvalue weighted by atomic mass is 10.2. The second kappa shape index (κ2) is 2.86. The van der Waals surface area contributed by atoms with Crippen molar-refractivity contribution in [2.45, 2.75) is 25.8 Å². The number of nitrogens with zero attached hydrogens (tertiary/aromatic N) is 3. The Morgan fingerprint density at radius 1 is 1.50 bits per heavy atom. The van der Waals surface area contributed by atoms with Gasteiger partial charge in [-0.15, -0.1) is 10.2 Å². The zero-order chi connectivity index (χ0) is 8.55. The normalized spacial score (nSPS) is 23.3. The van der Waals surface area contributed by atoms with Gasteiger partial charge in [-0.05, 0) is 26.3 Å². The highest BCUT2D eigenvalue weighted by atomic mass is 15.3. The molecule has 12 heavy (non-hydrogen) atoms. The first-order valence-corrected chi connectivity index (χ1v) is 4.38. The van der Waals surface area contributed by atoms with E-state index in [4.69, 9.17) is 0 Å². The number of aryl methyl sites for hydroxylation is 1. The summed E-state index contributed by atoms with van der Waals surface area (Å²) in [5, 5.41) is 11.6. The van der Waals surface area contributed by atoms with Crippen molar-refractivity contribution in [1.29, 1.82) is 0 Å². The van der Waals surface area contributed by atoms with E-state index < -0.39 is 0 Å². The van der Waals surface area contributed by atoms with Gasteiger partial charge in [-0.1, -0.05) is 0 Å². The third-order valence-corrected chi connectivity index (χ3v) is 2.50. The SMILES string of the molecule is Cc1nnc(C2CCCN2)n1C. The maximum Gasteiger partial charge on any atom is 0.149 e. The number of hydrogen-bond acceptors (Lipinski definition) is 3. The Hall–Kier alpha value is -0.900. The van der Waals surface area contributed by atoms with Gasteiger partial charge < -0.3 is 9.88 Å². The van der Waals surface area contributed by atoms with Crippen LogP contribution in [-0.4, -0.2) is 21.3 Å². The molecule has 0 radical (unpaired) electrons. The molecule has 4 heteroatoms. The molecule has 1 N–H and O–H groups in total. The van der Waals surface area contributed by atoms with Crippen molar-refractivity contribution in [3.8, 4) is 0 Å². The zero-order valence-electron chi connectivity index (χ0n) is 7.54. The predicted molar refractivity (Wildman–Crippen MR) is 45.7 cm³/mol. The Kier molecular flexibility index (Phi) is 1.84. The molecule has 2 rings (SSSR count). The molecule has 1 fully saturated rings. The van der Waals surface area contributed by atoms with E-state index in [2.05, 4.69) is 20.1 Å². The standard InChI is InChI=1S/C8H14N4/c1-6-10-11-8(12(6)2)7-4-3-5-9-7/h7,9H,3-5H2,1-2H3. The van der Waals surface area contributed by atoms with Gasteiger partial charge in [-0.2, -0.15) is 0 Å². The average molecular weight is 166 g/mol. The molecule has 0 aromatic carbocycles. The Morgan fingerprint density at radius 3 is 2.83 bits per heavy atom. The van der Waals surface area contributed by atoms with Crippen molar-refractivity contribution < 1.29 is 0 Å². The van der Waals surface area contributed by atoms with Gasteiger partial charge in [-0.25, -0.2) is 0 Å². The average Bonchev–Trinajstić information content (AvgIpc) is 2.64. The van der Waals surface area contributed by atoms with Crippen LogP contribution in [0.1, 0.15) is 30.5 Å². The van der Waals surface area contributed by atoms with Gasteiger partial charge in [0.1, 0.15) is 11.6 Å². The highest BCUT2D eigenvalue weighted by Gasteiger charge is 2.21. The Bertz CT molecular complexity index is 273. The molecule has 66 valence electrons. The van der Waals surface area contributed by atoms with Crippen LogP contribution in [0.2, 0.25) is 0 Å². The Morgan fingerprint density at radius 2 is 2.33 bits per heavy atom. The van der Waals surface area contributed by atoms with Crippen molar-refractivity contribution in [2.75, 3.05) is 6.54 Å². The van der Waals surface area contributed by atoms with E-state index in [1.807, 2.05) is 14.0 Å². The Labute approximate surface area is 72.0 Å². The number of nitrogens with one attached hydrogen (secondary N) is 1. The summed E-state index contributed by atoms with van der Waals surface area (Å²) >= 11 is 0. The van der Waals surface area contributed by atoms with E-state index in [-0.39, 0.29) is 0 Å². The fourth-order valence-corrected chi connectivity index (χ4v) is 1.63. The first-order valence-electron chi connectivity index (χ1n) is 4.38. The van der Waals surface area contributed by atoms with Crippen LogP contribution in [0.15, 0.2) is 0 Å². The van der Waals surface area contributed by atoms with Gasteiger partial charge in [0, 0.05) is 7.05 Å². The minimum atomic E-state index is 0.427. The molecular formula is C8H14N4. The summed E-state index contributed by atoms with van der Waals surface area (Å²) in [4.78, 5) is 0. The molecule has 1 aliphatic heterocycles. The zero-order valence-corrected chi connectivity index (χ0v) is 7.54. The molecule has 1 aromatic rings. The molecule has 2 heterocycles. The fourth-order valence-electron chi connectivity index (χ4n) is 1.63. The molecule has 1 aliphatic rings. The molecule has 0 amide bonds. The van der Waals surface area contributed by atoms with E-state index in [1.165, 1.54) is 12.8 Å². The molecule has 1 saturated heterocycles. The second-order valence-electron chi connectivity index (χ2n) is 3.31. The summed E-state index contributed by atoms with van der Waals surface area (Å²) in [7, 11) is 2.02. The molecule has 0 aliphatic carbocycles. The second-order valence-corrected chi connectivity index (χ2v) is 3.31. The molecule has 0 spiro atoms. The molecule has 0 saturated carbocycles. The van der Waals surface area contributed by atoms with E-state index >= 15 is 0 Å². The van der Waals surface area contributed by atoms with Crippen molar-refractivity contribution in [3.63, 3.8) is 0 Å². The smallest absolute Gasteiger partial charge is 0.149 e. The van der Waals surface area contributed by atoms with Crippen molar-refractivity contribution in [2.24, 2.45) is 7.05 Å². The number of hydrogen-bond donors (Lipinski definition) is 1. The van der Waals surface area contributed by atoms with Crippen LogP contribution in [-0.2, 0) is 7.05 Å². The lowest BCUT2D eigenvalue weighted by molar-refractivity contribution is 0.575. The van der Waals surface area contributed by atoms with Gasteiger partial charge in [0.25, 0.3) is 0 Å². The van der Waals surface area contributed by atoms with E-state index in [0.717, 1.165) is 18.2 Å². The lowest BCUT2D eigenvalue weighted by Gasteiger charge is -2.08.